The van der Waals surface area contributed by atoms with E-state index in [1.54, 1.807) is 12.1 Å². The van der Waals surface area contributed by atoms with Crippen LogP contribution in [-0.4, -0.2) is 41.0 Å². The molecule has 1 aliphatic heterocycles. The quantitative estimate of drug-likeness (QED) is 0.727. The van der Waals surface area contributed by atoms with Crippen LogP contribution in [0.2, 0.25) is 0 Å². The molecule has 24 heavy (non-hydrogen) atoms. The number of rotatable bonds is 3. The van der Waals surface area contributed by atoms with Crippen molar-refractivity contribution in [3.8, 4) is 10.7 Å². The van der Waals surface area contributed by atoms with Gasteiger partial charge < -0.3 is 14.3 Å². The molecule has 2 aromatic heterocycles. The number of nitrogens with zero attached hydrogens (tertiary/aromatic N) is 5. The molecule has 6 nitrogen and oxygen atoms in total. The number of benzene rings is 1. The van der Waals surface area contributed by atoms with Crippen molar-refractivity contribution < 1.29 is 8.91 Å². The summed E-state index contributed by atoms with van der Waals surface area (Å²) in [5, 5.41) is 14.0. The third kappa shape index (κ3) is 2.73. The molecule has 1 aliphatic rings. The molecule has 3 aromatic rings. The Balaban J connectivity index is 1.50. The molecule has 0 bridgehead atoms. The lowest BCUT2D eigenvalue weighted by atomic mass is 10.1. The number of piperazine rings is 1. The first kappa shape index (κ1) is 15.1. The molecular formula is C16H16FN5OS. The molecule has 3 heterocycles. The molecule has 1 aromatic carbocycles. The van der Waals surface area contributed by atoms with Crippen molar-refractivity contribution in [2.45, 2.75) is 13.0 Å². The summed E-state index contributed by atoms with van der Waals surface area (Å²) in [7, 11) is 0. The van der Waals surface area contributed by atoms with Gasteiger partial charge in [-0.2, -0.15) is 0 Å². The fourth-order valence-corrected chi connectivity index (χ4v) is 3.86. The van der Waals surface area contributed by atoms with Crippen LogP contribution in [0.3, 0.4) is 0 Å². The van der Waals surface area contributed by atoms with Crippen molar-refractivity contribution in [3.05, 3.63) is 42.4 Å². The minimum atomic E-state index is -0.178. The van der Waals surface area contributed by atoms with Crippen LogP contribution >= 0.6 is 11.3 Å². The molecule has 0 amide bonds. The zero-order valence-electron chi connectivity index (χ0n) is 13.1. The maximum atomic E-state index is 14.0. The maximum Gasteiger partial charge on any atom is 0.209 e. The predicted molar refractivity (Wildman–Crippen MR) is 90.8 cm³/mol. The van der Waals surface area contributed by atoms with Crippen molar-refractivity contribution in [1.82, 2.24) is 15.4 Å². The summed E-state index contributed by atoms with van der Waals surface area (Å²) in [6.45, 7) is 4.36. The van der Waals surface area contributed by atoms with E-state index in [-0.39, 0.29) is 11.9 Å². The monoisotopic (exact) mass is 345 g/mol. The second kappa shape index (κ2) is 6.20. The van der Waals surface area contributed by atoms with Gasteiger partial charge in [0.05, 0.1) is 5.69 Å². The zero-order chi connectivity index (χ0) is 16.5. The highest BCUT2D eigenvalue weighted by Crippen LogP contribution is 2.31. The van der Waals surface area contributed by atoms with Gasteiger partial charge in [0.2, 0.25) is 5.13 Å². The third-order valence-corrected chi connectivity index (χ3v) is 5.12. The van der Waals surface area contributed by atoms with E-state index < -0.39 is 0 Å². The fraction of sp³-hybridized carbons (Fsp3) is 0.312. The van der Waals surface area contributed by atoms with Gasteiger partial charge in [0.25, 0.3) is 0 Å². The molecule has 1 fully saturated rings. The topological polar surface area (TPSA) is 58.3 Å². The number of hydrogen-bond donors (Lipinski definition) is 0. The Labute approximate surface area is 142 Å². The van der Waals surface area contributed by atoms with Gasteiger partial charge in [0, 0.05) is 31.7 Å². The Kier molecular flexibility index (Phi) is 3.89. The molecule has 0 radical (unpaired) electrons. The summed E-state index contributed by atoms with van der Waals surface area (Å²) in [5.74, 6) is -0.178. The van der Waals surface area contributed by atoms with Gasteiger partial charge in [-0.25, -0.2) is 4.39 Å². The van der Waals surface area contributed by atoms with Crippen molar-refractivity contribution in [3.63, 3.8) is 0 Å². The first-order chi connectivity index (χ1) is 11.7. The number of anilines is 2. The van der Waals surface area contributed by atoms with Gasteiger partial charge in [0.1, 0.15) is 17.8 Å². The highest BCUT2D eigenvalue weighted by molar-refractivity contribution is 7.18. The molecule has 8 heteroatoms. The Morgan fingerprint density at radius 3 is 2.83 bits per heavy atom. The zero-order valence-corrected chi connectivity index (χ0v) is 13.9. The summed E-state index contributed by atoms with van der Waals surface area (Å²) in [5.41, 5.74) is 1.35. The van der Waals surface area contributed by atoms with E-state index in [2.05, 4.69) is 32.1 Å². The van der Waals surface area contributed by atoms with Crippen molar-refractivity contribution in [2.75, 3.05) is 29.4 Å². The third-order valence-electron chi connectivity index (χ3n) is 4.14. The summed E-state index contributed by atoms with van der Waals surface area (Å²) in [4.78, 5) is 4.29. The Morgan fingerprint density at radius 1 is 1.21 bits per heavy atom. The normalized spacial score (nSPS) is 18.2. The Morgan fingerprint density at radius 2 is 2.08 bits per heavy atom. The fourth-order valence-electron chi connectivity index (χ4n) is 2.93. The van der Waals surface area contributed by atoms with Gasteiger partial charge >= 0.3 is 0 Å². The highest BCUT2D eigenvalue weighted by atomic mass is 32.1. The largest absolute Gasteiger partial charge is 0.365 e. The molecule has 0 aliphatic carbocycles. The van der Waals surface area contributed by atoms with Crippen LogP contribution in [0.15, 0.2) is 41.1 Å². The number of para-hydroxylation sites is 1. The number of halogens is 1. The lowest BCUT2D eigenvalue weighted by Gasteiger charge is -2.40. The summed E-state index contributed by atoms with van der Waals surface area (Å²) in [6, 6.07) is 8.88. The minimum Gasteiger partial charge on any atom is -0.365 e. The minimum absolute atomic E-state index is 0.178. The highest BCUT2D eigenvalue weighted by Gasteiger charge is 2.27. The van der Waals surface area contributed by atoms with E-state index in [0.717, 1.165) is 29.8 Å². The van der Waals surface area contributed by atoms with Crippen molar-refractivity contribution in [2.24, 2.45) is 0 Å². The van der Waals surface area contributed by atoms with Crippen LogP contribution in [-0.2, 0) is 0 Å². The van der Waals surface area contributed by atoms with Gasteiger partial charge in [-0.05, 0) is 19.1 Å². The Bertz CT molecular complexity index is 822. The number of hydrogen-bond acceptors (Lipinski definition) is 7. The van der Waals surface area contributed by atoms with Crippen LogP contribution in [0.4, 0.5) is 15.2 Å². The molecule has 0 spiro atoms. The number of aromatic nitrogens is 3. The molecule has 0 saturated carbocycles. The summed E-state index contributed by atoms with van der Waals surface area (Å²) in [6.07, 6.45) is 1.52. The molecule has 1 saturated heterocycles. The predicted octanol–water partition coefficient (Wildman–Crippen LogP) is 3.05. The SMILES string of the molecule is CC1CN(c2ccccc2F)CCN1c1nnc(-c2ccon2)s1. The van der Waals surface area contributed by atoms with Gasteiger partial charge in [-0.15, -0.1) is 10.2 Å². The second-order valence-corrected chi connectivity index (χ2v) is 6.67. The van der Waals surface area contributed by atoms with Gasteiger partial charge in [0.15, 0.2) is 5.01 Å². The smallest absolute Gasteiger partial charge is 0.209 e. The van der Waals surface area contributed by atoms with Crippen LogP contribution in [0.1, 0.15) is 6.92 Å². The van der Waals surface area contributed by atoms with E-state index in [1.807, 2.05) is 12.1 Å². The molecule has 1 atom stereocenters. The molecule has 4 rings (SSSR count). The van der Waals surface area contributed by atoms with Crippen LogP contribution < -0.4 is 9.80 Å². The Hall–Kier alpha value is -2.48. The standard InChI is InChI=1S/C16H16FN5OS/c1-11-10-21(14-5-3-2-4-12(14)17)7-8-22(11)16-19-18-15(24-16)13-6-9-23-20-13/h2-6,9,11H,7-8,10H2,1H3. The summed E-state index contributed by atoms with van der Waals surface area (Å²) < 4.78 is 18.8. The van der Waals surface area contributed by atoms with E-state index in [4.69, 9.17) is 4.52 Å². The van der Waals surface area contributed by atoms with E-state index >= 15 is 0 Å². The van der Waals surface area contributed by atoms with Crippen LogP contribution in [0.25, 0.3) is 10.7 Å². The lowest BCUT2D eigenvalue weighted by Crippen LogP contribution is -2.52. The summed E-state index contributed by atoms with van der Waals surface area (Å²) >= 11 is 1.49. The van der Waals surface area contributed by atoms with Crippen molar-refractivity contribution >= 4 is 22.2 Å². The van der Waals surface area contributed by atoms with Crippen molar-refractivity contribution in [1.29, 1.82) is 0 Å². The first-order valence-corrected chi connectivity index (χ1v) is 8.54. The van der Waals surface area contributed by atoms with Crippen LogP contribution in [0.5, 0.6) is 0 Å². The van der Waals surface area contributed by atoms with E-state index in [0.29, 0.717) is 11.4 Å². The second-order valence-electron chi connectivity index (χ2n) is 5.71. The average Bonchev–Trinajstić information content (AvgIpc) is 3.26. The molecule has 0 N–H and O–H groups in total. The molecule has 1 unspecified atom stereocenters. The lowest BCUT2D eigenvalue weighted by molar-refractivity contribution is 0.422. The van der Waals surface area contributed by atoms with E-state index in [1.165, 1.54) is 23.7 Å². The molecule has 124 valence electrons. The first-order valence-electron chi connectivity index (χ1n) is 7.73. The molecular weight excluding hydrogens is 329 g/mol. The van der Waals surface area contributed by atoms with Gasteiger partial charge in [-0.3, -0.25) is 0 Å². The average molecular weight is 345 g/mol. The van der Waals surface area contributed by atoms with E-state index in [9.17, 15) is 4.39 Å². The van der Waals surface area contributed by atoms with Crippen LogP contribution in [0, 0.1) is 5.82 Å². The maximum absolute atomic E-state index is 14.0. The van der Waals surface area contributed by atoms with Gasteiger partial charge in [-0.1, -0.05) is 28.6 Å².